The van der Waals surface area contributed by atoms with E-state index in [1.54, 1.807) is 7.11 Å². The molecule has 0 amide bonds. The van der Waals surface area contributed by atoms with E-state index >= 15 is 0 Å². The number of rotatable bonds is 6. The molecule has 0 saturated carbocycles. The average molecular weight is 307 g/mol. The molecule has 0 aliphatic heterocycles. The van der Waals surface area contributed by atoms with E-state index in [1.165, 1.54) is 12.3 Å². The molecular weight excluding hydrogens is 292 g/mol. The third-order valence-electron chi connectivity index (χ3n) is 2.98. The lowest BCUT2D eigenvalue weighted by molar-refractivity contribution is 0.0697. The topological polar surface area (TPSA) is 71.5 Å². The summed E-state index contributed by atoms with van der Waals surface area (Å²) in [4.78, 5) is 15.1. The largest absolute Gasteiger partial charge is 0.496 e. The highest BCUT2D eigenvalue weighted by Gasteiger charge is 2.10. The van der Waals surface area contributed by atoms with Gasteiger partial charge in [-0.05, 0) is 24.1 Å². The maximum Gasteiger partial charge on any atom is 0.337 e. The Balaban J connectivity index is 2.00. The number of aromatic nitrogens is 1. The summed E-state index contributed by atoms with van der Waals surface area (Å²) in [5.41, 5.74) is 1.10. The molecule has 2 aromatic rings. The number of pyridine rings is 1. The van der Waals surface area contributed by atoms with E-state index in [4.69, 9.17) is 21.4 Å². The van der Waals surface area contributed by atoms with Crippen molar-refractivity contribution in [3.05, 3.63) is 52.7 Å². The minimum absolute atomic E-state index is 0.0338. The lowest BCUT2D eigenvalue weighted by Crippen LogP contribution is -2.08. The van der Waals surface area contributed by atoms with Crippen molar-refractivity contribution in [2.24, 2.45) is 0 Å². The molecule has 21 heavy (non-hydrogen) atoms. The molecule has 0 atom stereocenters. The van der Waals surface area contributed by atoms with Gasteiger partial charge in [-0.25, -0.2) is 9.78 Å². The summed E-state index contributed by atoms with van der Waals surface area (Å²) in [6.45, 7) is 0.605. The standard InChI is InChI=1S/C15H15ClN2O3/c1-21-13-5-3-2-4-10(13)6-7-17-14-8-11(15(19)20)12(16)9-18-14/h2-5,8-9H,6-7H2,1H3,(H,17,18)(H,19,20). The second-order valence-electron chi connectivity index (χ2n) is 4.34. The number of halogens is 1. The Hall–Kier alpha value is -2.27. The van der Waals surface area contributed by atoms with Crippen molar-refractivity contribution >= 4 is 23.4 Å². The number of aromatic carboxylic acids is 1. The number of carbonyl (C=O) groups is 1. The number of methoxy groups -OCH3 is 1. The van der Waals surface area contributed by atoms with Crippen LogP contribution >= 0.6 is 11.6 Å². The van der Waals surface area contributed by atoms with Crippen LogP contribution < -0.4 is 10.1 Å². The molecule has 0 bridgehead atoms. The third-order valence-corrected chi connectivity index (χ3v) is 3.28. The van der Waals surface area contributed by atoms with Crippen LogP contribution in [0.15, 0.2) is 36.5 Å². The van der Waals surface area contributed by atoms with Crippen LogP contribution in [-0.2, 0) is 6.42 Å². The first-order valence-electron chi connectivity index (χ1n) is 6.36. The monoisotopic (exact) mass is 306 g/mol. The van der Waals surface area contributed by atoms with E-state index in [-0.39, 0.29) is 10.6 Å². The van der Waals surface area contributed by atoms with Crippen molar-refractivity contribution < 1.29 is 14.6 Å². The summed E-state index contributed by atoms with van der Waals surface area (Å²) < 4.78 is 5.28. The zero-order valence-corrected chi connectivity index (χ0v) is 12.2. The summed E-state index contributed by atoms with van der Waals surface area (Å²) in [5, 5.41) is 12.2. The average Bonchev–Trinajstić information content (AvgIpc) is 2.49. The first-order chi connectivity index (χ1) is 10.1. The highest BCUT2D eigenvalue weighted by molar-refractivity contribution is 6.33. The second kappa shape index (κ2) is 6.95. The molecule has 0 aliphatic rings. The smallest absolute Gasteiger partial charge is 0.337 e. The number of carboxylic acid groups (broad SMARTS) is 1. The van der Waals surface area contributed by atoms with Crippen molar-refractivity contribution in [1.29, 1.82) is 0 Å². The van der Waals surface area contributed by atoms with Gasteiger partial charge in [-0.3, -0.25) is 0 Å². The van der Waals surface area contributed by atoms with Gasteiger partial charge in [0.2, 0.25) is 0 Å². The molecule has 110 valence electrons. The molecule has 0 saturated heterocycles. The summed E-state index contributed by atoms with van der Waals surface area (Å²) in [5.74, 6) is 0.233. The quantitative estimate of drug-likeness (QED) is 0.858. The Morgan fingerprint density at radius 3 is 2.90 bits per heavy atom. The van der Waals surface area contributed by atoms with Crippen molar-refractivity contribution in [2.45, 2.75) is 6.42 Å². The third kappa shape index (κ3) is 3.86. The molecule has 1 heterocycles. The van der Waals surface area contributed by atoms with E-state index in [0.29, 0.717) is 12.4 Å². The number of nitrogens with zero attached hydrogens (tertiary/aromatic N) is 1. The van der Waals surface area contributed by atoms with Gasteiger partial charge in [-0.15, -0.1) is 0 Å². The van der Waals surface area contributed by atoms with Gasteiger partial charge in [0.05, 0.1) is 17.7 Å². The van der Waals surface area contributed by atoms with Crippen molar-refractivity contribution in [3.63, 3.8) is 0 Å². The maximum atomic E-state index is 11.0. The van der Waals surface area contributed by atoms with Gasteiger partial charge < -0.3 is 15.2 Å². The predicted molar refractivity (Wildman–Crippen MR) is 81.4 cm³/mol. The second-order valence-corrected chi connectivity index (χ2v) is 4.75. The summed E-state index contributed by atoms with van der Waals surface area (Å²) >= 11 is 5.77. The fraction of sp³-hybridized carbons (Fsp3) is 0.200. The van der Waals surface area contributed by atoms with Crippen LogP contribution in [-0.4, -0.2) is 29.7 Å². The Morgan fingerprint density at radius 2 is 2.19 bits per heavy atom. The lowest BCUT2D eigenvalue weighted by atomic mass is 10.1. The summed E-state index contributed by atoms with van der Waals surface area (Å²) in [6.07, 6.45) is 2.06. The molecule has 6 heteroatoms. The fourth-order valence-corrected chi connectivity index (χ4v) is 2.12. The number of hydrogen-bond donors (Lipinski definition) is 2. The summed E-state index contributed by atoms with van der Waals surface area (Å²) in [6, 6.07) is 9.17. The van der Waals surface area contributed by atoms with Gasteiger partial charge in [-0.1, -0.05) is 29.8 Å². The fourth-order valence-electron chi connectivity index (χ4n) is 1.93. The highest BCUT2D eigenvalue weighted by Crippen LogP contribution is 2.19. The molecule has 0 unspecified atom stereocenters. The van der Waals surface area contributed by atoms with Gasteiger partial charge >= 0.3 is 5.97 Å². The molecule has 2 rings (SSSR count). The zero-order valence-electron chi connectivity index (χ0n) is 11.5. The number of para-hydroxylation sites is 1. The zero-order chi connectivity index (χ0) is 15.2. The predicted octanol–water partition coefficient (Wildman–Crippen LogP) is 3.10. The summed E-state index contributed by atoms with van der Waals surface area (Å²) in [7, 11) is 1.63. The first-order valence-corrected chi connectivity index (χ1v) is 6.74. The number of ether oxygens (including phenoxy) is 1. The number of benzene rings is 1. The number of carboxylic acids is 1. The van der Waals surface area contributed by atoms with E-state index in [1.807, 2.05) is 24.3 Å². The molecule has 2 N–H and O–H groups in total. The van der Waals surface area contributed by atoms with Crippen LogP contribution in [0.4, 0.5) is 5.82 Å². The van der Waals surface area contributed by atoms with Gasteiger partial charge in [0.15, 0.2) is 0 Å². The molecule has 0 radical (unpaired) electrons. The Kier molecular flexibility index (Phi) is 5.00. The molecule has 1 aromatic carbocycles. The molecule has 5 nitrogen and oxygen atoms in total. The molecule has 1 aromatic heterocycles. The van der Waals surface area contributed by atoms with E-state index in [9.17, 15) is 4.79 Å². The van der Waals surface area contributed by atoms with Gasteiger partial charge in [-0.2, -0.15) is 0 Å². The molecule has 0 spiro atoms. The van der Waals surface area contributed by atoms with E-state index in [2.05, 4.69) is 10.3 Å². The Morgan fingerprint density at radius 1 is 1.43 bits per heavy atom. The number of nitrogens with one attached hydrogen (secondary N) is 1. The molecule has 0 fully saturated rings. The highest BCUT2D eigenvalue weighted by atomic mass is 35.5. The van der Waals surface area contributed by atoms with Crippen LogP contribution in [0.25, 0.3) is 0 Å². The van der Waals surface area contributed by atoms with Gasteiger partial charge in [0, 0.05) is 12.7 Å². The minimum atomic E-state index is -1.07. The van der Waals surface area contributed by atoms with Crippen molar-refractivity contribution in [3.8, 4) is 5.75 Å². The molecular formula is C15H15ClN2O3. The SMILES string of the molecule is COc1ccccc1CCNc1cc(C(=O)O)c(Cl)cn1. The maximum absolute atomic E-state index is 11.0. The van der Waals surface area contributed by atoms with Crippen LogP contribution in [0.2, 0.25) is 5.02 Å². The first kappa shape index (κ1) is 15.1. The Labute approximate surface area is 127 Å². The lowest BCUT2D eigenvalue weighted by Gasteiger charge is -2.10. The van der Waals surface area contributed by atoms with Gasteiger partial charge in [0.25, 0.3) is 0 Å². The van der Waals surface area contributed by atoms with E-state index in [0.717, 1.165) is 17.7 Å². The van der Waals surface area contributed by atoms with Gasteiger partial charge in [0.1, 0.15) is 11.6 Å². The van der Waals surface area contributed by atoms with Crippen LogP contribution in [0.5, 0.6) is 5.75 Å². The minimum Gasteiger partial charge on any atom is -0.496 e. The van der Waals surface area contributed by atoms with Crippen molar-refractivity contribution in [2.75, 3.05) is 19.0 Å². The number of hydrogen-bond acceptors (Lipinski definition) is 4. The van der Waals surface area contributed by atoms with Crippen LogP contribution in [0.1, 0.15) is 15.9 Å². The normalized spacial score (nSPS) is 10.2. The van der Waals surface area contributed by atoms with Crippen molar-refractivity contribution in [1.82, 2.24) is 4.98 Å². The number of anilines is 1. The van der Waals surface area contributed by atoms with Crippen LogP contribution in [0.3, 0.4) is 0 Å². The van der Waals surface area contributed by atoms with Crippen LogP contribution in [0, 0.1) is 0 Å². The Bertz CT molecular complexity index is 647. The van der Waals surface area contributed by atoms with E-state index < -0.39 is 5.97 Å². The molecule has 0 aliphatic carbocycles.